The summed E-state index contributed by atoms with van der Waals surface area (Å²) < 4.78 is 76.3. The number of ether oxygens (including phenoxy) is 3. The number of likely N-dealkylation sites (tertiary alicyclic amines) is 1. The fourth-order valence-electron chi connectivity index (χ4n) is 8.71. The molecular weight excluding hydrogens is 700 g/mol. The van der Waals surface area contributed by atoms with Crippen molar-refractivity contribution >= 4 is 23.4 Å². The number of hydrogen-bond donors (Lipinski definition) is 2. The van der Waals surface area contributed by atoms with Crippen LogP contribution in [0.4, 0.5) is 23.2 Å². The Morgan fingerprint density at radius 3 is 2.36 bits per heavy atom. The molecule has 5 fully saturated rings. The molecular formula is C37H46F4N6O6. The van der Waals surface area contributed by atoms with Gasteiger partial charge >= 0.3 is 6.18 Å². The average Bonchev–Trinajstić information content (AvgIpc) is 4.04. The molecule has 16 heteroatoms. The highest BCUT2D eigenvalue weighted by molar-refractivity contribution is 6.01. The molecule has 1 spiro atoms. The first-order valence-electron chi connectivity index (χ1n) is 18.8. The zero-order valence-corrected chi connectivity index (χ0v) is 29.9. The Hall–Kier alpha value is -3.76. The van der Waals surface area contributed by atoms with Gasteiger partial charge in [-0.1, -0.05) is 0 Å². The van der Waals surface area contributed by atoms with Crippen LogP contribution in [0.15, 0.2) is 24.4 Å². The molecule has 4 aliphatic heterocycles. The molecule has 1 aromatic heterocycles. The lowest BCUT2D eigenvalue weighted by Crippen LogP contribution is -2.59. The van der Waals surface area contributed by atoms with Crippen LogP contribution < -0.4 is 15.4 Å². The molecule has 288 valence electrons. The zero-order valence-electron chi connectivity index (χ0n) is 29.9. The lowest BCUT2D eigenvalue weighted by molar-refractivity contribution is -0.238. The van der Waals surface area contributed by atoms with Gasteiger partial charge in [-0.2, -0.15) is 18.3 Å². The standard InChI is InChI=1S/C37H46F4N6O6/c1-20(2)47-27(7-10-42-47)34(49)44-33(32(21-3-4-21)22-5-6-22)35(50)43-26-14-29-24(13-25(26)38)28(46-16-30(37(39,40)41)52-19-31(46)48)15-36(53-29)8-11-45(12-9-36)23-17-51-18-23/h7,10,13-14,20-23,28,30,32-33H,3-6,8-9,11-12,15-19H2,1-2H3,(H,43,50)(H,44,49)/t28?,30?,33-/m0/s1. The Balaban J connectivity index is 1.10. The maximum absolute atomic E-state index is 16.2. The van der Waals surface area contributed by atoms with Crippen molar-refractivity contribution in [3.63, 3.8) is 0 Å². The fourth-order valence-corrected chi connectivity index (χ4v) is 8.71. The number of benzene rings is 1. The Labute approximate surface area is 304 Å². The number of carbonyl (C=O) groups is 3. The van der Waals surface area contributed by atoms with Crippen LogP contribution in [0, 0.1) is 23.6 Å². The number of carbonyl (C=O) groups excluding carboxylic acids is 3. The van der Waals surface area contributed by atoms with Gasteiger partial charge in [0.25, 0.3) is 5.91 Å². The van der Waals surface area contributed by atoms with Crippen molar-refractivity contribution in [2.75, 3.05) is 44.8 Å². The van der Waals surface area contributed by atoms with Crippen LogP contribution in [0.25, 0.3) is 0 Å². The first-order valence-corrected chi connectivity index (χ1v) is 18.8. The summed E-state index contributed by atoms with van der Waals surface area (Å²) >= 11 is 0. The van der Waals surface area contributed by atoms with E-state index in [9.17, 15) is 27.6 Å². The van der Waals surface area contributed by atoms with Gasteiger partial charge in [-0.05, 0) is 82.3 Å². The minimum absolute atomic E-state index is 0.0936. The van der Waals surface area contributed by atoms with E-state index in [2.05, 4.69) is 20.6 Å². The van der Waals surface area contributed by atoms with Crippen LogP contribution in [-0.4, -0.2) is 107 Å². The Kier molecular flexibility index (Phi) is 9.45. The average molecular weight is 747 g/mol. The minimum Gasteiger partial charge on any atom is -0.487 e. The molecule has 2 N–H and O–H groups in total. The quantitative estimate of drug-likeness (QED) is 0.338. The van der Waals surface area contributed by atoms with E-state index in [1.165, 1.54) is 12.3 Å². The number of rotatable bonds is 10. The fraction of sp³-hybridized carbons (Fsp3) is 0.676. The molecule has 53 heavy (non-hydrogen) atoms. The number of amides is 3. The smallest absolute Gasteiger partial charge is 0.416 e. The molecule has 2 saturated carbocycles. The lowest BCUT2D eigenvalue weighted by atomic mass is 9.79. The Morgan fingerprint density at radius 1 is 1.06 bits per heavy atom. The van der Waals surface area contributed by atoms with Crippen molar-refractivity contribution in [2.24, 2.45) is 17.8 Å². The summed E-state index contributed by atoms with van der Waals surface area (Å²) in [6.45, 7) is 4.91. The molecule has 5 heterocycles. The van der Waals surface area contributed by atoms with Gasteiger partial charge in [-0.3, -0.25) is 24.0 Å². The molecule has 0 radical (unpaired) electrons. The van der Waals surface area contributed by atoms with Crippen LogP contribution in [0.3, 0.4) is 0 Å². The highest BCUT2D eigenvalue weighted by Gasteiger charge is 2.52. The van der Waals surface area contributed by atoms with Crippen molar-refractivity contribution in [2.45, 2.75) is 101 Å². The normalized spacial score (nSPS) is 25.6. The van der Waals surface area contributed by atoms with Gasteiger partial charge in [0.05, 0.1) is 37.5 Å². The van der Waals surface area contributed by atoms with Crippen LogP contribution in [0.5, 0.6) is 5.75 Å². The number of aromatic nitrogens is 2. The van der Waals surface area contributed by atoms with Gasteiger partial charge in [0, 0.05) is 43.4 Å². The Bertz CT molecular complexity index is 1720. The molecule has 3 amide bonds. The summed E-state index contributed by atoms with van der Waals surface area (Å²) in [7, 11) is 0. The predicted molar refractivity (Wildman–Crippen MR) is 181 cm³/mol. The lowest BCUT2D eigenvalue weighted by Gasteiger charge is -2.51. The number of morpholine rings is 1. The number of nitrogens with one attached hydrogen (secondary N) is 2. The molecule has 12 nitrogen and oxygen atoms in total. The molecule has 1 aromatic carbocycles. The summed E-state index contributed by atoms with van der Waals surface area (Å²) in [6, 6.07) is 2.47. The third-order valence-electron chi connectivity index (χ3n) is 12.0. The monoisotopic (exact) mass is 746 g/mol. The maximum Gasteiger partial charge on any atom is 0.416 e. The van der Waals surface area contributed by atoms with Gasteiger partial charge in [0.1, 0.15) is 35.5 Å². The number of alkyl halides is 3. The van der Waals surface area contributed by atoms with E-state index in [4.69, 9.17) is 14.2 Å². The molecule has 8 rings (SSSR count). The first-order chi connectivity index (χ1) is 25.3. The molecule has 2 unspecified atom stereocenters. The van der Waals surface area contributed by atoms with Crippen molar-refractivity contribution in [3.05, 3.63) is 41.5 Å². The number of piperidine rings is 1. The van der Waals surface area contributed by atoms with Gasteiger partial charge in [-0.25, -0.2) is 4.39 Å². The topological polar surface area (TPSA) is 127 Å². The van der Waals surface area contributed by atoms with Crippen molar-refractivity contribution in [1.82, 2.24) is 24.9 Å². The first kappa shape index (κ1) is 36.2. The molecule has 3 saturated heterocycles. The number of halogens is 4. The summed E-state index contributed by atoms with van der Waals surface area (Å²) in [5, 5.41) is 9.99. The van der Waals surface area contributed by atoms with Gasteiger partial charge < -0.3 is 29.7 Å². The van der Waals surface area contributed by atoms with Crippen molar-refractivity contribution in [3.8, 4) is 5.75 Å². The minimum atomic E-state index is -4.70. The van der Waals surface area contributed by atoms with Gasteiger partial charge in [-0.15, -0.1) is 0 Å². The number of hydrogen-bond acceptors (Lipinski definition) is 8. The van der Waals surface area contributed by atoms with Gasteiger partial charge in [0.15, 0.2) is 6.10 Å². The third-order valence-corrected chi connectivity index (χ3v) is 12.0. The van der Waals surface area contributed by atoms with E-state index < -0.39 is 66.7 Å². The Morgan fingerprint density at radius 2 is 1.75 bits per heavy atom. The highest BCUT2D eigenvalue weighted by Crippen LogP contribution is 2.52. The summed E-state index contributed by atoms with van der Waals surface area (Å²) in [5.41, 5.74) is -0.470. The number of anilines is 1. The van der Waals surface area contributed by atoms with E-state index in [-0.39, 0.29) is 53.3 Å². The molecule has 0 bridgehead atoms. The van der Waals surface area contributed by atoms with Crippen LogP contribution >= 0.6 is 0 Å². The van der Waals surface area contributed by atoms with Crippen LogP contribution in [-0.2, 0) is 19.1 Å². The van der Waals surface area contributed by atoms with E-state index in [0.717, 1.165) is 36.6 Å². The zero-order chi connectivity index (χ0) is 37.2. The maximum atomic E-state index is 16.2. The van der Waals surface area contributed by atoms with Crippen LogP contribution in [0.2, 0.25) is 0 Å². The van der Waals surface area contributed by atoms with Crippen molar-refractivity contribution < 1.29 is 46.2 Å². The second-order valence-corrected chi connectivity index (χ2v) is 15.9. The van der Waals surface area contributed by atoms with E-state index in [1.807, 2.05) is 13.8 Å². The van der Waals surface area contributed by atoms with E-state index in [0.29, 0.717) is 44.8 Å². The second-order valence-electron chi connectivity index (χ2n) is 15.9. The van der Waals surface area contributed by atoms with E-state index in [1.54, 1.807) is 10.7 Å². The van der Waals surface area contributed by atoms with Crippen molar-refractivity contribution in [1.29, 1.82) is 0 Å². The van der Waals surface area contributed by atoms with E-state index >= 15 is 4.39 Å². The molecule has 3 atom stereocenters. The predicted octanol–water partition coefficient (Wildman–Crippen LogP) is 4.62. The number of fused-ring (bicyclic) bond motifs is 1. The largest absolute Gasteiger partial charge is 0.487 e. The second kappa shape index (κ2) is 13.8. The molecule has 2 aromatic rings. The molecule has 6 aliphatic rings. The van der Waals surface area contributed by atoms with Gasteiger partial charge in [0.2, 0.25) is 11.8 Å². The summed E-state index contributed by atoms with van der Waals surface area (Å²) in [5.74, 6) is -1.87. The van der Waals surface area contributed by atoms with Crippen LogP contribution in [0.1, 0.15) is 86.9 Å². The highest BCUT2D eigenvalue weighted by atomic mass is 19.4. The summed E-state index contributed by atoms with van der Waals surface area (Å²) in [6.07, 6.45) is -0.329. The molecule has 2 aliphatic carbocycles. The third kappa shape index (κ3) is 7.25. The summed E-state index contributed by atoms with van der Waals surface area (Å²) in [4.78, 5) is 44.5. The number of nitrogens with zero attached hydrogens (tertiary/aromatic N) is 4. The SMILES string of the molecule is CC(C)n1nccc1C(=O)N[C@H](C(=O)Nc1cc2c(cc1F)C(N1CC(C(F)(F)F)OCC1=O)CC1(CCN(C3COC3)CC1)O2)C(C1CC1)C1CC1.